The summed E-state index contributed by atoms with van der Waals surface area (Å²) in [5.74, 6) is -0.774. The molecular weight excluding hydrogens is 398 g/mol. The number of carbonyl (C=O) groups excluding carboxylic acids is 2. The van der Waals surface area contributed by atoms with Gasteiger partial charge in [0.1, 0.15) is 12.0 Å². The van der Waals surface area contributed by atoms with Crippen LogP contribution in [-0.2, 0) is 24.3 Å². The van der Waals surface area contributed by atoms with Crippen molar-refractivity contribution in [2.75, 3.05) is 33.4 Å². The molecule has 1 fully saturated rings. The lowest BCUT2D eigenvalue weighted by molar-refractivity contribution is -0.140. The Kier molecular flexibility index (Phi) is 8.00. The van der Waals surface area contributed by atoms with Gasteiger partial charge in [-0.1, -0.05) is 13.8 Å². The van der Waals surface area contributed by atoms with Crippen LogP contribution in [-0.4, -0.2) is 64.1 Å². The molecule has 10 heteroatoms. The molecule has 1 heterocycles. The number of amides is 2. The van der Waals surface area contributed by atoms with E-state index < -0.39 is 28.1 Å². The van der Waals surface area contributed by atoms with Crippen LogP contribution in [0.15, 0.2) is 23.1 Å². The van der Waals surface area contributed by atoms with Crippen LogP contribution in [0.5, 0.6) is 5.75 Å². The minimum atomic E-state index is -3.85. The standard InChI is InChI=1S/C19H29N3O6S/c1-13(2)11-20-18(23)19(24)21-12-17-22(8-5-9-28-17)29(25,26)15-6-7-16(27-4)14(3)10-15/h6-7,10,13,17H,5,8-9,11-12H2,1-4H3,(H,20,23)(H,21,24)/t17-/m0/s1. The molecule has 162 valence electrons. The molecule has 0 saturated carbocycles. The molecule has 1 aliphatic heterocycles. The SMILES string of the molecule is COc1ccc(S(=O)(=O)N2CCCO[C@H]2CNC(=O)C(=O)NCC(C)C)cc1C. The van der Waals surface area contributed by atoms with Gasteiger partial charge in [0.15, 0.2) is 0 Å². The van der Waals surface area contributed by atoms with Crippen LogP contribution in [0.1, 0.15) is 25.8 Å². The van der Waals surface area contributed by atoms with Gasteiger partial charge in [-0.25, -0.2) is 8.42 Å². The Morgan fingerprint density at radius 2 is 1.97 bits per heavy atom. The smallest absolute Gasteiger partial charge is 0.309 e. The van der Waals surface area contributed by atoms with Gasteiger partial charge >= 0.3 is 11.8 Å². The number of sulfonamides is 1. The number of aryl methyl sites for hydroxylation is 1. The van der Waals surface area contributed by atoms with E-state index in [1.807, 2.05) is 13.8 Å². The van der Waals surface area contributed by atoms with Gasteiger partial charge in [0.05, 0.1) is 25.2 Å². The fraction of sp³-hybridized carbons (Fsp3) is 0.579. The number of hydrogen-bond donors (Lipinski definition) is 2. The maximum Gasteiger partial charge on any atom is 0.309 e. The lowest BCUT2D eigenvalue weighted by atomic mass is 10.2. The lowest BCUT2D eigenvalue weighted by Gasteiger charge is -2.34. The van der Waals surface area contributed by atoms with Crippen LogP contribution < -0.4 is 15.4 Å². The number of carbonyl (C=O) groups is 2. The van der Waals surface area contributed by atoms with E-state index in [0.29, 0.717) is 30.9 Å². The van der Waals surface area contributed by atoms with E-state index in [4.69, 9.17) is 9.47 Å². The predicted octanol–water partition coefficient (Wildman–Crippen LogP) is 0.629. The van der Waals surface area contributed by atoms with E-state index in [-0.39, 0.29) is 23.9 Å². The van der Waals surface area contributed by atoms with Crippen LogP contribution in [0.2, 0.25) is 0 Å². The summed E-state index contributed by atoms with van der Waals surface area (Å²) < 4.78 is 38.2. The predicted molar refractivity (Wildman–Crippen MR) is 107 cm³/mol. The Labute approximate surface area is 171 Å². The van der Waals surface area contributed by atoms with E-state index in [0.717, 1.165) is 0 Å². The maximum atomic E-state index is 13.1. The summed E-state index contributed by atoms with van der Waals surface area (Å²) in [4.78, 5) is 23.9. The first-order valence-electron chi connectivity index (χ1n) is 9.51. The van der Waals surface area contributed by atoms with Crippen molar-refractivity contribution in [1.82, 2.24) is 14.9 Å². The highest BCUT2D eigenvalue weighted by atomic mass is 32.2. The van der Waals surface area contributed by atoms with Gasteiger partial charge < -0.3 is 20.1 Å². The number of ether oxygens (including phenoxy) is 2. The fourth-order valence-electron chi connectivity index (χ4n) is 2.89. The summed E-state index contributed by atoms with van der Waals surface area (Å²) in [6, 6.07) is 4.62. The second-order valence-corrected chi connectivity index (χ2v) is 9.13. The van der Waals surface area contributed by atoms with E-state index in [1.54, 1.807) is 13.0 Å². The summed E-state index contributed by atoms with van der Waals surface area (Å²) in [5, 5.41) is 4.98. The van der Waals surface area contributed by atoms with E-state index >= 15 is 0 Å². The molecule has 1 aliphatic rings. The van der Waals surface area contributed by atoms with Crippen molar-refractivity contribution in [3.63, 3.8) is 0 Å². The molecule has 0 unspecified atom stereocenters. The van der Waals surface area contributed by atoms with Gasteiger partial charge in [0, 0.05) is 13.1 Å². The quantitative estimate of drug-likeness (QED) is 0.617. The van der Waals surface area contributed by atoms with Crippen molar-refractivity contribution >= 4 is 21.8 Å². The zero-order chi connectivity index (χ0) is 21.6. The third-order valence-corrected chi connectivity index (χ3v) is 6.33. The van der Waals surface area contributed by atoms with E-state index in [1.165, 1.54) is 23.5 Å². The lowest BCUT2D eigenvalue weighted by Crippen LogP contribution is -2.53. The van der Waals surface area contributed by atoms with E-state index in [9.17, 15) is 18.0 Å². The molecule has 2 amide bonds. The van der Waals surface area contributed by atoms with Gasteiger partial charge in [-0.2, -0.15) is 4.31 Å². The van der Waals surface area contributed by atoms with Gasteiger partial charge in [-0.05, 0) is 43.0 Å². The van der Waals surface area contributed by atoms with Crippen molar-refractivity contribution in [3.8, 4) is 5.75 Å². The minimum Gasteiger partial charge on any atom is -0.496 e. The summed E-state index contributed by atoms with van der Waals surface area (Å²) >= 11 is 0. The normalized spacial score (nSPS) is 17.8. The molecule has 0 aromatic heterocycles. The van der Waals surface area contributed by atoms with Crippen molar-refractivity contribution in [2.45, 2.75) is 38.3 Å². The maximum absolute atomic E-state index is 13.1. The Balaban J connectivity index is 2.09. The van der Waals surface area contributed by atoms with Crippen molar-refractivity contribution in [3.05, 3.63) is 23.8 Å². The third-order valence-electron chi connectivity index (χ3n) is 4.44. The second-order valence-electron chi connectivity index (χ2n) is 7.24. The minimum absolute atomic E-state index is 0.118. The van der Waals surface area contributed by atoms with Crippen LogP contribution in [0.25, 0.3) is 0 Å². The number of benzene rings is 1. The Morgan fingerprint density at radius 1 is 1.28 bits per heavy atom. The highest BCUT2D eigenvalue weighted by Crippen LogP contribution is 2.26. The number of rotatable bonds is 7. The molecule has 0 aliphatic carbocycles. The first-order chi connectivity index (χ1) is 13.7. The molecule has 1 atom stereocenters. The molecule has 29 heavy (non-hydrogen) atoms. The highest BCUT2D eigenvalue weighted by molar-refractivity contribution is 7.89. The fourth-order valence-corrected chi connectivity index (χ4v) is 4.54. The highest BCUT2D eigenvalue weighted by Gasteiger charge is 2.35. The molecule has 1 aromatic carbocycles. The van der Waals surface area contributed by atoms with E-state index in [2.05, 4.69) is 10.6 Å². The average Bonchev–Trinajstić information content (AvgIpc) is 2.70. The molecule has 0 bridgehead atoms. The van der Waals surface area contributed by atoms with Crippen LogP contribution in [0.4, 0.5) is 0 Å². The van der Waals surface area contributed by atoms with Crippen LogP contribution in [0.3, 0.4) is 0 Å². The molecule has 2 N–H and O–H groups in total. The topological polar surface area (TPSA) is 114 Å². The molecule has 1 saturated heterocycles. The zero-order valence-electron chi connectivity index (χ0n) is 17.2. The number of nitrogens with one attached hydrogen (secondary N) is 2. The Bertz CT molecular complexity index is 840. The molecule has 2 rings (SSSR count). The Hall–Kier alpha value is -2.17. The molecule has 9 nitrogen and oxygen atoms in total. The van der Waals surface area contributed by atoms with Crippen LogP contribution >= 0.6 is 0 Å². The number of methoxy groups -OCH3 is 1. The van der Waals surface area contributed by atoms with Gasteiger partial charge in [-0.15, -0.1) is 0 Å². The molecule has 0 spiro atoms. The van der Waals surface area contributed by atoms with Crippen molar-refractivity contribution in [1.29, 1.82) is 0 Å². The first kappa shape index (κ1) is 23.1. The number of hydrogen-bond acceptors (Lipinski definition) is 6. The molecule has 1 aromatic rings. The third kappa shape index (κ3) is 5.91. The summed E-state index contributed by atoms with van der Waals surface area (Å²) in [5.41, 5.74) is 0.693. The summed E-state index contributed by atoms with van der Waals surface area (Å²) in [6.07, 6.45) is -0.355. The summed E-state index contributed by atoms with van der Waals surface area (Å²) in [6.45, 7) is 6.47. The molecule has 0 radical (unpaired) electrons. The average molecular weight is 428 g/mol. The van der Waals surface area contributed by atoms with Gasteiger partial charge in [0.25, 0.3) is 0 Å². The second kappa shape index (κ2) is 10.0. The number of nitrogens with zero attached hydrogens (tertiary/aromatic N) is 1. The summed E-state index contributed by atoms with van der Waals surface area (Å²) in [7, 11) is -2.33. The van der Waals surface area contributed by atoms with Gasteiger partial charge in [-0.3, -0.25) is 9.59 Å². The molecular formula is C19H29N3O6S. The largest absolute Gasteiger partial charge is 0.496 e. The van der Waals surface area contributed by atoms with Crippen LogP contribution in [0, 0.1) is 12.8 Å². The zero-order valence-corrected chi connectivity index (χ0v) is 18.0. The van der Waals surface area contributed by atoms with Crippen molar-refractivity contribution < 1.29 is 27.5 Å². The Morgan fingerprint density at radius 3 is 2.59 bits per heavy atom. The van der Waals surface area contributed by atoms with Crippen molar-refractivity contribution in [2.24, 2.45) is 5.92 Å². The van der Waals surface area contributed by atoms with Gasteiger partial charge in [0.2, 0.25) is 10.0 Å². The first-order valence-corrected chi connectivity index (χ1v) is 10.9. The monoisotopic (exact) mass is 427 g/mol.